The monoisotopic (exact) mass is 399 g/mol. The fourth-order valence-electron chi connectivity index (χ4n) is 2.75. The molecular weight excluding hydrogens is 374 g/mol. The Balaban J connectivity index is 1.53. The summed E-state index contributed by atoms with van der Waals surface area (Å²) >= 11 is 1.27. The molecule has 0 atom stereocenters. The SMILES string of the molecule is CCN(CC)CCOc1ccccc1NC(=O)CSc1nc2ccccc2o1. The maximum Gasteiger partial charge on any atom is 0.257 e. The molecule has 1 heterocycles. The molecule has 1 N–H and O–H groups in total. The highest BCUT2D eigenvalue weighted by molar-refractivity contribution is 7.99. The number of carbonyl (C=O) groups excluding carboxylic acids is 1. The number of aromatic nitrogens is 1. The van der Waals surface area contributed by atoms with Crippen LogP contribution in [0.3, 0.4) is 0 Å². The van der Waals surface area contributed by atoms with Gasteiger partial charge in [-0.15, -0.1) is 0 Å². The summed E-state index contributed by atoms with van der Waals surface area (Å²) in [6, 6.07) is 15.0. The van der Waals surface area contributed by atoms with Gasteiger partial charge in [-0.25, -0.2) is 4.98 Å². The number of para-hydroxylation sites is 4. The number of thioether (sulfide) groups is 1. The van der Waals surface area contributed by atoms with Crippen molar-refractivity contribution in [3.05, 3.63) is 48.5 Å². The Kier molecular flexibility index (Phi) is 7.33. The molecule has 0 aliphatic carbocycles. The Morgan fingerprint density at radius 2 is 1.89 bits per heavy atom. The zero-order valence-electron chi connectivity index (χ0n) is 16.2. The summed E-state index contributed by atoms with van der Waals surface area (Å²) in [7, 11) is 0. The lowest BCUT2D eigenvalue weighted by molar-refractivity contribution is -0.113. The van der Waals surface area contributed by atoms with E-state index >= 15 is 0 Å². The lowest BCUT2D eigenvalue weighted by Gasteiger charge is -2.19. The minimum Gasteiger partial charge on any atom is -0.490 e. The molecule has 6 nitrogen and oxygen atoms in total. The molecule has 0 saturated carbocycles. The zero-order valence-corrected chi connectivity index (χ0v) is 17.0. The number of carbonyl (C=O) groups is 1. The topological polar surface area (TPSA) is 67.6 Å². The van der Waals surface area contributed by atoms with Gasteiger partial charge in [0.25, 0.3) is 5.22 Å². The van der Waals surface area contributed by atoms with Crippen molar-refractivity contribution in [2.75, 3.05) is 37.3 Å². The van der Waals surface area contributed by atoms with E-state index in [1.165, 1.54) is 11.8 Å². The van der Waals surface area contributed by atoms with E-state index in [-0.39, 0.29) is 11.7 Å². The molecular formula is C21H25N3O3S. The minimum absolute atomic E-state index is 0.132. The molecule has 3 aromatic rings. The standard InChI is InChI=1S/C21H25N3O3S/c1-3-24(4-2)13-14-26-18-11-7-5-9-16(18)22-20(25)15-28-21-23-17-10-6-8-12-19(17)27-21/h5-12H,3-4,13-15H2,1-2H3,(H,22,25). The van der Waals surface area contributed by atoms with Crippen molar-refractivity contribution in [3.8, 4) is 5.75 Å². The molecule has 0 fully saturated rings. The molecule has 0 unspecified atom stereocenters. The summed E-state index contributed by atoms with van der Waals surface area (Å²) in [5.41, 5.74) is 2.18. The summed E-state index contributed by atoms with van der Waals surface area (Å²) in [6.07, 6.45) is 0. The van der Waals surface area contributed by atoms with Gasteiger partial charge < -0.3 is 19.4 Å². The number of ether oxygens (including phenoxy) is 1. The summed E-state index contributed by atoms with van der Waals surface area (Å²) in [5.74, 6) is 0.752. The van der Waals surface area contributed by atoms with Crippen LogP contribution in [0.15, 0.2) is 58.2 Å². The third-order valence-electron chi connectivity index (χ3n) is 4.32. The van der Waals surface area contributed by atoms with Gasteiger partial charge >= 0.3 is 0 Å². The number of amides is 1. The van der Waals surface area contributed by atoms with E-state index in [1.54, 1.807) is 0 Å². The Hall–Kier alpha value is -2.51. The van der Waals surface area contributed by atoms with Crippen LogP contribution in [0, 0.1) is 0 Å². The smallest absolute Gasteiger partial charge is 0.257 e. The first-order chi connectivity index (χ1) is 13.7. The van der Waals surface area contributed by atoms with Crippen LogP contribution in [0.1, 0.15) is 13.8 Å². The highest BCUT2D eigenvalue weighted by Gasteiger charge is 2.11. The van der Waals surface area contributed by atoms with Crippen LogP contribution >= 0.6 is 11.8 Å². The second kappa shape index (κ2) is 10.1. The Morgan fingerprint density at radius 1 is 1.14 bits per heavy atom. The second-order valence-corrected chi connectivity index (χ2v) is 7.08. The summed E-state index contributed by atoms with van der Waals surface area (Å²) in [4.78, 5) is 19.0. The van der Waals surface area contributed by atoms with Gasteiger partial charge in [0.2, 0.25) is 5.91 Å². The molecule has 0 bridgehead atoms. The van der Waals surface area contributed by atoms with Gasteiger partial charge in [-0.05, 0) is 37.4 Å². The van der Waals surface area contributed by atoms with Gasteiger partial charge in [0.1, 0.15) is 17.9 Å². The quantitative estimate of drug-likeness (QED) is 0.513. The average Bonchev–Trinajstić information content (AvgIpc) is 3.14. The third kappa shape index (κ3) is 5.50. The molecule has 28 heavy (non-hydrogen) atoms. The largest absolute Gasteiger partial charge is 0.490 e. The number of nitrogens with zero attached hydrogens (tertiary/aromatic N) is 2. The number of fused-ring (bicyclic) bond motifs is 1. The van der Waals surface area contributed by atoms with E-state index in [2.05, 4.69) is 29.0 Å². The van der Waals surface area contributed by atoms with Crippen molar-refractivity contribution in [2.45, 2.75) is 19.1 Å². The van der Waals surface area contributed by atoms with Crippen molar-refractivity contribution in [1.82, 2.24) is 9.88 Å². The Labute approximate surface area is 169 Å². The van der Waals surface area contributed by atoms with Crippen LogP contribution in [0.2, 0.25) is 0 Å². The van der Waals surface area contributed by atoms with Crippen molar-refractivity contribution in [2.24, 2.45) is 0 Å². The first kappa shape index (κ1) is 20.2. The van der Waals surface area contributed by atoms with Gasteiger partial charge in [0, 0.05) is 6.54 Å². The average molecular weight is 400 g/mol. The fraction of sp³-hybridized carbons (Fsp3) is 0.333. The number of hydrogen-bond acceptors (Lipinski definition) is 6. The number of hydrogen-bond donors (Lipinski definition) is 1. The maximum absolute atomic E-state index is 12.4. The fourth-order valence-corrected chi connectivity index (χ4v) is 3.39. The number of benzene rings is 2. The summed E-state index contributed by atoms with van der Waals surface area (Å²) < 4.78 is 11.5. The summed E-state index contributed by atoms with van der Waals surface area (Å²) in [6.45, 7) is 7.67. The predicted molar refractivity (Wildman–Crippen MR) is 113 cm³/mol. The van der Waals surface area contributed by atoms with Crippen LogP contribution in [0.5, 0.6) is 5.75 Å². The molecule has 1 aromatic heterocycles. The molecule has 0 radical (unpaired) electrons. The Bertz CT molecular complexity index is 876. The molecule has 0 aliphatic rings. The van der Waals surface area contributed by atoms with Crippen molar-refractivity contribution < 1.29 is 13.9 Å². The van der Waals surface area contributed by atoms with Gasteiger partial charge in [0.15, 0.2) is 5.58 Å². The third-order valence-corrected chi connectivity index (χ3v) is 5.15. The highest BCUT2D eigenvalue weighted by Crippen LogP contribution is 2.26. The van der Waals surface area contributed by atoms with Crippen LogP contribution in [0.25, 0.3) is 11.1 Å². The van der Waals surface area contributed by atoms with E-state index in [1.807, 2.05) is 48.5 Å². The van der Waals surface area contributed by atoms with Crippen LogP contribution in [-0.4, -0.2) is 47.8 Å². The molecule has 0 saturated heterocycles. The number of nitrogens with one attached hydrogen (secondary N) is 1. The van der Waals surface area contributed by atoms with Gasteiger partial charge in [-0.1, -0.05) is 49.9 Å². The molecule has 3 rings (SSSR count). The van der Waals surface area contributed by atoms with E-state index in [0.29, 0.717) is 23.3 Å². The molecule has 0 spiro atoms. The number of likely N-dealkylation sites (N-methyl/N-ethyl adjacent to an activating group) is 1. The van der Waals surface area contributed by atoms with Crippen LogP contribution < -0.4 is 10.1 Å². The molecule has 2 aromatic carbocycles. The molecule has 148 valence electrons. The zero-order chi connectivity index (χ0) is 19.8. The van der Waals surface area contributed by atoms with E-state index in [0.717, 1.165) is 30.7 Å². The predicted octanol–water partition coefficient (Wildman–Crippen LogP) is 4.28. The van der Waals surface area contributed by atoms with E-state index in [4.69, 9.17) is 9.15 Å². The normalized spacial score (nSPS) is 11.1. The van der Waals surface area contributed by atoms with Crippen molar-refractivity contribution >= 4 is 34.5 Å². The first-order valence-corrected chi connectivity index (χ1v) is 10.4. The minimum atomic E-state index is -0.132. The molecule has 1 amide bonds. The number of anilines is 1. The highest BCUT2D eigenvalue weighted by atomic mass is 32.2. The Morgan fingerprint density at radius 3 is 2.68 bits per heavy atom. The van der Waals surface area contributed by atoms with E-state index < -0.39 is 0 Å². The van der Waals surface area contributed by atoms with Crippen molar-refractivity contribution in [1.29, 1.82) is 0 Å². The van der Waals surface area contributed by atoms with E-state index in [9.17, 15) is 4.79 Å². The van der Waals surface area contributed by atoms with Gasteiger partial charge in [-0.2, -0.15) is 0 Å². The number of rotatable bonds is 10. The van der Waals surface area contributed by atoms with Crippen LogP contribution in [-0.2, 0) is 4.79 Å². The lowest BCUT2D eigenvalue weighted by Crippen LogP contribution is -2.28. The lowest BCUT2D eigenvalue weighted by atomic mass is 10.3. The van der Waals surface area contributed by atoms with Crippen molar-refractivity contribution in [3.63, 3.8) is 0 Å². The van der Waals surface area contributed by atoms with Gasteiger partial charge in [-0.3, -0.25) is 4.79 Å². The second-order valence-electron chi connectivity index (χ2n) is 6.16. The van der Waals surface area contributed by atoms with Crippen LogP contribution in [0.4, 0.5) is 5.69 Å². The molecule has 7 heteroatoms. The maximum atomic E-state index is 12.4. The molecule has 0 aliphatic heterocycles. The number of oxazole rings is 1. The summed E-state index contributed by atoms with van der Waals surface area (Å²) in [5, 5.41) is 3.40. The van der Waals surface area contributed by atoms with Gasteiger partial charge in [0.05, 0.1) is 11.4 Å². The first-order valence-electron chi connectivity index (χ1n) is 9.42.